The molecular formula is C14H18FN3O3. The number of hydrogen-bond donors (Lipinski definition) is 1. The van der Waals surface area contributed by atoms with Gasteiger partial charge in [0.25, 0.3) is 5.69 Å². The number of amides is 1. The number of rotatable bonds is 5. The summed E-state index contributed by atoms with van der Waals surface area (Å²) >= 11 is 0. The van der Waals surface area contributed by atoms with Gasteiger partial charge in [0.15, 0.2) is 0 Å². The number of nitrogens with zero attached hydrogens (tertiary/aromatic N) is 2. The highest BCUT2D eigenvalue weighted by Crippen LogP contribution is 2.20. The number of nitrogens with one attached hydrogen (secondary N) is 1. The minimum Gasteiger partial charge on any atom is -0.384 e. The van der Waals surface area contributed by atoms with E-state index in [-0.39, 0.29) is 11.6 Å². The van der Waals surface area contributed by atoms with Gasteiger partial charge in [0.05, 0.1) is 11.0 Å². The third kappa shape index (κ3) is 4.40. The number of likely N-dealkylation sites (tertiary alicyclic amines) is 1. The second-order valence-electron chi connectivity index (χ2n) is 5.07. The number of hydrogen-bond acceptors (Lipinski definition) is 4. The van der Waals surface area contributed by atoms with Crippen LogP contribution in [0.4, 0.5) is 15.8 Å². The van der Waals surface area contributed by atoms with Crippen LogP contribution >= 0.6 is 0 Å². The van der Waals surface area contributed by atoms with Gasteiger partial charge in [-0.2, -0.15) is 0 Å². The predicted octanol–water partition coefficient (Wildman–Crippen LogP) is 2.55. The summed E-state index contributed by atoms with van der Waals surface area (Å²) in [5.41, 5.74) is 0.00741. The number of nitro groups is 1. The molecule has 2 rings (SSSR count). The molecule has 1 aliphatic rings. The molecule has 0 saturated carbocycles. The van der Waals surface area contributed by atoms with Crippen molar-refractivity contribution in [1.82, 2.24) is 4.90 Å². The van der Waals surface area contributed by atoms with Crippen molar-refractivity contribution < 1.29 is 14.1 Å². The Labute approximate surface area is 122 Å². The maximum Gasteiger partial charge on any atom is 0.274 e. The summed E-state index contributed by atoms with van der Waals surface area (Å²) in [6.07, 6.45) is 3.53. The molecule has 1 saturated heterocycles. The molecule has 0 unspecified atom stereocenters. The molecular weight excluding hydrogens is 277 g/mol. The summed E-state index contributed by atoms with van der Waals surface area (Å²) in [6.45, 7) is 1.92. The lowest BCUT2D eigenvalue weighted by atomic mass is 10.1. The number of carbonyl (C=O) groups is 1. The molecule has 1 aromatic carbocycles. The Morgan fingerprint density at radius 3 is 2.67 bits per heavy atom. The van der Waals surface area contributed by atoms with E-state index < -0.39 is 10.7 Å². The van der Waals surface area contributed by atoms with Crippen LogP contribution in [0.15, 0.2) is 18.2 Å². The summed E-state index contributed by atoms with van der Waals surface area (Å²) in [5, 5.41) is 13.5. The van der Waals surface area contributed by atoms with Crippen molar-refractivity contribution in [1.29, 1.82) is 0 Å². The van der Waals surface area contributed by atoms with Crippen LogP contribution in [0.1, 0.15) is 25.7 Å². The third-order valence-corrected chi connectivity index (χ3v) is 3.47. The van der Waals surface area contributed by atoms with Gasteiger partial charge in [0, 0.05) is 37.8 Å². The van der Waals surface area contributed by atoms with Crippen molar-refractivity contribution in [3.8, 4) is 0 Å². The molecule has 0 bridgehead atoms. The first-order chi connectivity index (χ1) is 10.1. The maximum absolute atomic E-state index is 13.2. The Morgan fingerprint density at radius 1 is 1.29 bits per heavy atom. The van der Waals surface area contributed by atoms with Crippen molar-refractivity contribution in [3.63, 3.8) is 0 Å². The number of non-ortho nitro benzene ring substituents is 1. The smallest absolute Gasteiger partial charge is 0.274 e. The first-order valence-electron chi connectivity index (χ1n) is 7.03. The number of halogens is 1. The molecule has 1 fully saturated rings. The first kappa shape index (κ1) is 15.2. The van der Waals surface area contributed by atoms with Gasteiger partial charge < -0.3 is 10.2 Å². The Hall–Kier alpha value is -2.18. The van der Waals surface area contributed by atoms with Crippen LogP contribution in [0.5, 0.6) is 0 Å². The molecule has 0 aliphatic carbocycles. The summed E-state index contributed by atoms with van der Waals surface area (Å²) in [5.74, 6) is -0.609. The molecule has 114 valence electrons. The van der Waals surface area contributed by atoms with Crippen LogP contribution in [0, 0.1) is 15.9 Å². The van der Waals surface area contributed by atoms with Gasteiger partial charge in [-0.3, -0.25) is 14.9 Å². The highest BCUT2D eigenvalue weighted by Gasteiger charge is 2.16. The highest BCUT2D eigenvalue weighted by atomic mass is 19.1. The van der Waals surface area contributed by atoms with Gasteiger partial charge in [-0.25, -0.2) is 4.39 Å². The molecule has 21 heavy (non-hydrogen) atoms. The topological polar surface area (TPSA) is 75.5 Å². The second kappa shape index (κ2) is 7.01. The van der Waals surface area contributed by atoms with Crippen LogP contribution in [-0.2, 0) is 4.79 Å². The predicted molar refractivity (Wildman–Crippen MR) is 76.6 cm³/mol. The van der Waals surface area contributed by atoms with Crippen LogP contribution in [0.25, 0.3) is 0 Å². The van der Waals surface area contributed by atoms with E-state index in [1.54, 1.807) is 0 Å². The normalized spacial score (nSPS) is 14.8. The van der Waals surface area contributed by atoms with E-state index >= 15 is 0 Å². The van der Waals surface area contributed by atoms with Crippen LogP contribution < -0.4 is 5.32 Å². The highest BCUT2D eigenvalue weighted by molar-refractivity contribution is 5.76. The quantitative estimate of drug-likeness (QED) is 0.669. The second-order valence-corrected chi connectivity index (χ2v) is 5.07. The number of carbonyl (C=O) groups excluding carboxylic acids is 1. The largest absolute Gasteiger partial charge is 0.384 e. The standard InChI is InChI=1S/C14H18FN3O3/c15-11-8-12(10-13(9-11)18(20)21)16-5-4-14(19)17-6-2-1-3-7-17/h8-10,16H,1-7H2. The zero-order valence-corrected chi connectivity index (χ0v) is 11.7. The van der Waals surface area contributed by atoms with E-state index in [4.69, 9.17) is 0 Å². The fraction of sp³-hybridized carbons (Fsp3) is 0.500. The molecule has 1 aromatic rings. The van der Waals surface area contributed by atoms with Crippen molar-refractivity contribution in [2.45, 2.75) is 25.7 Å². The number of piperidine rings is 1. The minimum atomic E-state index is -0.672. The van der Waals surface area contributed by atoms with Gasteiger partial charge in [0.2, 0.25) is 5.91 Å². The molecule has 1 amide bonds. The molecule has 0 radical (unpaired) electrons. The van der Waals surface area contributed by atoms with Gasteiger partial charge in [-0.15, -0.1) is 0 Å². The summed E-state index contributed by atoms with van der Waals surface area (Å²) in [7, 11) is 0. The Balaban J connectivity index is 1.85. The van der Waals surface area contributed by atoms with E-state index in [1.165, 1.54) is 12.1 Å². The summed E-state index contributed by atoms with van der Waals surface area (Å²) in [6, 6.07) is 3.30. The van der Waals surface area contributed by atoms with Crippen molar-refractivity contribution in [2.75, 3.05) is 25.0 Å². The fourth-order valence-electron chi connectivity index (χ4n) is 2.40. The van der Waals surface area contributed by atoms with Crippen LogP contribution in [0.3, 0.4) is 0 Å². The monoisotopic (exact) mass is 295 g/mol. The number of anilines is 1. The molecule has 6 nitrogen and oxygen atoms in total. The summed E-state index contributed by atoms with van der Waals surface area (Å²) in [4.78, 5) is 23.8. The van der Waals surface area contributed by atoms with Crippen LogP contribution in [-0.4, -0.2) is 35.4 Å². The van der Waals surface area contributed by atoms with Gasteiger partial charge in [-0.1, -0.05) is 0 Å². The molecule has 1 N–H and O–H groups in total. The molecule has 1 aliphatic heterocycles. The fourth-order valence-corrected chi connectivity index (χ4v) is 2.40. The molecule has 0 spiro atoms. The van der Waals surface area contributed by atoms with E-state index in [0.29, 0.717) is 18.7 Å². The third-order valence-electron chi connectivity index (χ3n) is 3.47. The average Bonchev–Trinajstić information content (AvgIpc) is 2.47. The van der Waals surface area contributed by atoms with E-state index in [9.17, 15) is 19.3 Å². The van der Waals surface area contributed by atoms with Crippen molar-refractivity contribution in [3.05, 3.63) is 34.1 Å². The Morgan fingerprint density at radius 2 is 2.00 bits per heavy atom. The zero-order chi connectivity index (χ0) is 15.2. The van der Waals surface area contributed by atoms with Crippen molar-refractivity contribution in [2.24, 2.45) is 0 Å². The molecule has 1 heterocycles. The SMILES string of the molecule is O=C(CCNc1cc(F)cc([N+](=O)[O-])c1)N1CCCCC1. The molecule has 0 aromatic heterocycles. The lowest BCUT2D eigenvalue weighted by molar-refractivity contribution is -0.385. The lowest BCUT2D eigenvalue weighted by Gasteiger charge is -2.26. The van der Waals surface area contributed by atoms with Gasteiger partial charge in [0.1, 0.15) is 5.82 Å². The Kier molecular flexibility index (Phi) is 5.08. The van der Waals surface area contributed by atoms with E-state index in [0.717, 1.165) is 38.4 Å². The average molecular weight is 295 g/mol. The van der Waals surface area contributed by atoms with E-state index in [2.05, 4.69) is 5.32 Å². The first-order valence-corrected chi connectivity index (χ1v) is 7.03. The molecule has 7 heteroatoms. The number of benzene rings is 1. The lowest BCUT2D eigenvalue weighted by Crippen LogP contribution is -2.36. The zero-order valence-electron chi connectivity index (χ0n) is 11.7. The number of nitro benzene ring substituents is 1. The summed E-state index contributed by atoms with van der Waals surface area (Å²) < 4.78 is 13.2. The Bertz CT molecular complexity index is 530. The van der Waals surface area contributed by atoms with Gasteiger partial charge >= 0.3 is 0 Å². The molecule has 0 atom stereocenters. The van der Waals surface area contributed by atoms with E-state index in [1.807, 2.05) is 4.90 Å². The van der Waals surface area contributed by atoms with Gasteiger partial charge in [-0.05, 0) is 25.3 Å². The maximum atomic E-state index is 13.2. The van der Waals surface area contributed by atoms with Crippen molar-refractivity contribution >= 4 is 17.3 Å². The minimum absolute atomic E-state index is 0.0631. The van der Waals surface area contributed by atoms with Crippen LogP contribution in [0.2, 0.25) is 0 Å².